The van der Waals surface area contributed by atoms with Gasteiger partial charge in [0, 0.05) is 6.08 Å². The first-order chi connectivity index (χ1) is 11.3. The molecular weight excluding hydrogens is 303 g/mol. The molecule has 132 valence electrons. The molecule has 0 aromatic heterocycles. The van der Waals surface area contributed by atoms with Crippen molar-refractivity contribution >= 4 is 5.97 Å². The van der Waals surface area contributed by atoms with Crippen molar-refractivity contribution < 1.29 is 13.9 Å². The van der Waals surface area contributed by atoms with Crippen LogP contribution >= 0.6 is 0 Å². The van der Waals surface area contributed by atoms with Gasteiger partial charge in [0.05, 0.1) is 6.61 Å². The van der Waals surface area contributed by atoms with Crippen LogP contribution in [0.3, 0.4) is 0 Å². The van der Waals surface area contributed by atoms with Crippen LogP contribution in [0.2, 0.25) is 0 Å². The van der Waals surface area contributed by atoms with Crippen LogP contribution < -0.4 is 0 Å². The van der Waals surface area contributed by atoms with Crippen LogP contribution in [0.15, 0.2) is 59.0 Å². The highest BCUT2D eigenvalue weighted by Gasteiger charge is 2.26. The Bertz CT molecular complexity index is 601. The van der Waals surface area contributed by atoms with Gasteiger partial charge in [-0.2, -0.15) is 0 Å². The number of esters is 1. The molecule has 0 atom stereocenters. The van der Waals surface area contributed by atoms with E-state index >= 15 is 0 Å². The van der Waals surface area contributed by atoms with Gasteiger partial charge in [0.25, 0.3) is 0 Å². The fourth-order valence-electron chi connectivity index (χ4n) is 2.94. The average molecular weight is 332 g/mol. The van der Waals surface area contributed by atoms with Crippen LogP contribution in [0, 0.1) is 5.41 Å². The van der Waals surface area contributed by atoms with Gasteiger partial charge in [0.15, 0.2) is 0 Å². The zero-order chi connectivity index (χ0) is 18.2. The maximum atomic E-state index is 14.0. The zero-order valence-corrected chi connectivity index (χ0v) is 15.5. The molecule has 0 aromatic rings. The van der Waals surface area contributed by atoms with Gasteiger partial charge in [-0.15, -0.1) is 0 Å². The fraction of sp³-hybridized carbons (Fsp3) is 0.476. The van der Waals surface area contributed by atoms with Crippen LogP contribution in [-0.4, -0.2) is 12.6 Å². The van der Waals surface area contributed by atoms with E-state index in [0.717, 1.165) is 12.8 Å². The van der Waals surface area contributed by atoms with E-state index < -0.39 is 0 Å². The summed E-state index contributed by atoms with van der Waals surface area (Å²) in [6, 6.07) is 0. The first-order valence-electron chi connectivity index (χ1n) is 8.53. The molecule has 0 N–H and O–H groups in total. The van der Waals surface area contributed by atoms with Crippen molar-refractivity contribution in [2.75, 3.05) is 6.61 Å². The summed E-state index contributed by atoms with van der Waals surface area (Å²) in [6.07, 6.45) is 12.9. The Morgan fingerprint density at radius 3 is 2.67 bits per heavy atom. The first kappa shape index (κ1) is 20.1. The summed E-state index contributed by atoms with van der Waals surface area (Å²) in [5, 5.41) is 0. The molecule has 0 aliphatic heterocycles. The van der Waals surface area contributed by atoms with E-state index in [0.29, 0.717) is 12.2 Å². The van der Waals surface area contributed by atoms with Crippen molar-refractivity contribution in [2.24, 2.45) is 5.41 Å². The van der Waals surface area contributed by atoms with E-state index in [9.17, 15) is 9.18 Å². The minimum absolute atomic E-state index is 0.105. The molecule has 0 saturated carbocycles. The van der Waals surface area contributed by atoms with Crippen molar-refractivity contribution in [3.05, 3.63) is 59.0 Å². The minimum Gasteiger partial charge on any atom is -0.463 e. The Morgan fingerprint density at radius 2 is 2.04 bits per heavy atom. The molecule has 1 rings (SSSR count). The molecule has 1 aliphatic rings. The Balaban J connectivity index is 2.73. The predicted octanol–water partition coefficient (Wildman–Crippen LogP) is 5.99. The Morgan fingerprint density at radius 1 is 1.33 bits per heavy atom. The van der Waals surface area contributed by atoms with Crippen molar-refractivity contribution in [2.45, 2.75) is 53.9 Å². The summed E-state index contributed by atoms with van der Waals surface area (Å²) in [5.74, 6) is -0.692. The van der Waals surface area contributed by atoms with Crippen molar-refractivity contribution in [1.29, 1.82) is 0 Å². The molecule has 1 aliphatic carbocycles. The van der Waals surface area contributed by atoms with Crippen LogP contribution in [0.4, 0.5) is 4.39 Å². The molecular formula is C21H29FO2. The van der Waals surface area contributed by atoms with E-state index in [1.165, 1.54) is 35.8 Å². The summed E-state index contributed by atoms with van der Waals surface area (Å²) in [5.41, 5.74) is 3.40. The van der Waals surface area contributed by atoms with Crippen LogP contribution in [-0.2, 0) is 9.53 Å². The topological polar surface area (TPSA) is 26.3 Å². The molecule has 2 nitrogen and oxygen atoms in total. The molecule has 0 fully saturated rings. The highest BCUT2D eigenvalue weighted by Crippen LogP contribution is 2.40. The van der Waals surface area contributed by atoms with Gasteiger partial charge >= 0.3 is 5.97 Å². The molecule has 0 aromatic carbocycles. The number of halogens is 1. The average Bonchev–Trinajstić information content (AvgIpc) is 2.46. The molecule has 3 heteroatoms. The third-order valence-electron chi connectivity index (χ3n) is 4.20. The van der Waals surface area contributed by atoms with E-state index in [1.54, 1.807) is 26.0 Å². The number of ether oxygens (including phenoxy) is 1. The second-order valence-electron chi connectivity index (χ2n) is 6.82. The highest BCUT2D eigenvalue weighted by molar-refractivity contribution is 5.83. The molecule has 0 saturated heterocycles. The monoisotopic (exact) mass is 332 g/mol. The maximum Gasteiger partial charge on any atom is 0.330 e. The second-order valence-corrected chi connectivity index (χ2v) is 6.82. The Hall–Kier alpha value is -1.90. The Kier molecular flexibility index (Phi) is 7.90. The molecule has 0 unspecified atom stereocenters. The van der Waals surface area contributed by atoms with Gasteiger partial charge < -0.3 is 4.74 Å². The van der Waals surface area contributed by atoms with E-state index in [1.807, 2.05) is 6.08 Å². The van der Waals surface area contributed by atoms with Crippen LogP contribution in [0.5, 0.6) is 0 Å². The van der Waals surface area contributed by atoms with Crippen molar-refractivity contribution in [3.63, 3.8) is 0 Å². The van der Waals surface area contributed by atoms with E-state index in [-0.39, 0.29) is 17.2 Å². The van der Waals surface area contributed by atoms with Gasteiger partial charge in [-0.05, 0) is 68.7 Å². The van der Waals surface area contributed by atoms with E-state index in [4.69, 9.17) is 4.74 Å². The van der Waals surface area contributed by atoms with Crippen LogP contribution in [0.25, 0.3) is 0 Å². The van der Waals surface area contributed by atoms with Crippen molar-refractivity contribution in [1.82, 2.24) is 0 Å². The number of rotatable bonds is 6. The lowest BCUT2D eigenvalue weighted by Crippen LogP contribution is -2.19. The quantitative estimate of drug-likeness (QED) is 0.339. The van der Waals surface area contributed by atoms with Crippen molar-refractivity contribution in [3.8, 4) is 0 Å². The van der Waals surface area contributed by atoms with Gasteiger partial charge in [-0.3, -0.25) is 0 Å². The second kappa shape index (κ2) is 9.41. The highest BCUT2D eigenvalue weighted by atomic mass is 19.1. The number of carbonyl (C=O) groups is 1. The first-order valence-corrected chi connectivity index (χ1v) is 8.53. The molecule has 0 bridgehead atoms. The van der Waals surface area contributed by atoms with Crippen LogP contribution in [0.1, 0.15) is 53.9 Å². The summed E-state index contributed by atoms with van der Waals surface area (Å²) in [6.45, 7) is 10.4. The van der Waals surface area contributed by atoms with Gasteiger partial charge in [0.2, 0.25) is 0 Å². The molecule has 24 heavy (non-hydrogen) atoms. The van der Waals surface area contributed by atoms with Gasteiger partial charge in [-0.25, -0.2) is 9.18 Å². The summed E-state index contributed by atoms with van der Waals surface area (Å²) in [4.78, 5) is 11.3. The lowest BCUT2D eigenvalue weighted by molar-refractivity contribution is -0.137. The van der Waals surface area contributed by atoms with E-state index in [2.05, 4.69) is 20.8 Å². The largest absolute Gasteiger partial charge is 0.463 e. The third kappa shape index (κ3) is 6.69. The third-order valence-corrected chi connectivity index (χ3v) is 4.20. The maximum absolute atomic E-state index is 14.0. The van der Waals surface area contributed by atoms with Gasteiger partial charge in [-0.1, -0.05) is 37.6 Å². The standard InChI is InChI=1S/C21H29FO2/c1-6-24-20(23)15-16(2)9-7-11-18(22)12-13-19-17(3)10-8-14-21(19,4)5/h7,9,11-13,15H,6,8,10,14H2,1-5H3/b9-7+,13-12+,16-15-,18-11-. The summed E-state index contributed by atoms with van der Waals surface area (Å²) >= 11 is 0. The number of allylic oxidation sites excluding steroid dienone is 9. The number of carbonyl (C=O) groups excluding carboxylic acids is 1. The Labute approximate surface area is 145 Å². The molecule has 0 spiro atoms. The number of hydrogen-bond acceptors (Lipinski definition) is 2. The lowest BCUT2D eigenvalue weighted by Gasteiger charge is -2.32. The normalized spacial score (nSPS) is 19.4. The molecule has 0 heterocycles. The fourth-order valence-corrected chi connectivity index (χ4v) is 2.94. The smallest absolute Gasteiger partial charge is 0.330 e. The lowest BCUT2D eigenvalue weighted by atomic mass is 9.72. The summed E-state index contributed by atoms with van der Waals surface area (Å²) < 4.78 is 18.8. The summed E-state index contributed by atoms with van der Waals surface area (Å²) in [7, 11) is 0. The van der Waals surface area contributed by atoms with Gasteiger partial charge in [0.1, 0.15) is 5.83 Å². The SMILES string of the molecule is CCOC(=O)\C=C(C)/C=C/C=C(F)/C=C/C1=C(C)CCCC1(C)C. The molecule has 0 amide bonds. The minimum atomic E-state index is -0.383. The number of hydrogen-bond donors (Lipinski definition) is 0. The zero-order valence-electron chi connectivity index (χ0n) is 15.5. The molecule has 0 radical (unpaired) electrons. The predicted molar refractivity (Wildman–Crippen MR) is 98.2 cm³/mol.